The predicted molar refractivity (Wildman–Crippen MR) is 70.8 cm³/mol. The Morgan fingerprint density at radius 1 is 1.42 bits per heavy atom. The number of benzene rings is 1. The van der Waals surface area contributed by atoms with Crippen molar-refractivity contribution in [2.24, 2.45) is 0 Å². The second-order valence-corrected chi connectivity index (χ2v) is 5.96. The van der Waals surface area contributed by atoms with Gasteiger partial charge in [-0.3, -0.25) is 4.31 Å². The minimum atomic E-state index is -3.49. The van der Waals surface area contributed by atoms with Crippen LogP contribution in [-0.4, -0.2) is 41.1 Å². The third kappa shape index (κ3) is 3.54. The summed E-state index contributed by atoms with van der Waals surface area (Å²) < 4.78 is 28.7. The van der Waals surface area contributed by atoms with Crippen molar-refractivity contribution in [2.75, 3.05) is 24.7 Å². The van der Waals surface area contributed by atoms with E-state index in [9.17, 15) is 18.0 Å². The number of sulfonamides is 1. The largest absolute Gasteiger partial charge is 0.465 e. The molecule has 104 valence electrons. The summed E-state index contributed by atoms with van der Waals surface area (Å²) in [5.41, 5.74) is 0.930. The van der Waals surface area contributed by atoms with E-state index in [2.05, 4.69) is 4.74 Å². The molecule has 1 rings (SSSR count). The highest BCUT2D eigenvalue weighted by Crippen LogP contribution is 2.24. The zero-order chi connectivity index (χ0) is 14.6. The molecule has 0 heterocycles. The molecule has 0 fully saturated rings. The van der Waals surface area contributed by atoms with Crippen molar-refractivity contribution in [3.8, 4) is 0 Å². The first-order valence-corrected chi connectivity index (χ1v) is 7.25. The van der Waals surface area contributed by atoms with E-state index in [1.54, 1.807) is 6.07 Å². The summed E-state index contributed by atoms with van der Waals surface area (Å²) in [5, 5.41) is 0. The van der Waals surface area contributed by atoms with Crippen LogP contribution in [0.4, 0.5) is 5.69 Å². The molecule has 0 amide bonds. The third-order valence-electron chi connectivity index (χ3n) is 2.62. The summed E-state index contributed by atoms with van der Waals surface area (Å²) in [6.07, 6.45) is 1.89. The second kappa shape index (κ2) is 5.83. The maximum Gasteiger partial charge on any atom is 0.340 e. The lowest BCUT2D eigenvalue weighted by molar-refractivity contribution is -0.107. The smallest absolute Gasteiger partial charge is 0.340 e. The Morgan fingerprint density at radius 3 is 2.53 bits per heavy atom. The Morgan fingerprint density at radius 2 is 2.05 bits per heavy atom. The third-order valence-corrected chi connectivity index (χ3v) is 3.81. The van der Waals surface area contributed by atoms with Gasteiger partial charge in [-0.15, -0.1) is 0 Å². The van der Waals surface area contributed by atoms with Gasteiger partial charge in [0, 0.05) is 13.5 Å². The zero-order valence-corrected chi connectivity index (χ0v) is 11.7. The number of ether oxygens (including phenoxy) is 1. The van der Waals surface area contributed by atoms with Crippen LogP contribution in [0, 0.1) is 0 Å². The summed E-state index contributed by atoms with van der Waals surface area (Å²) in [7, 11) is -0.938. The Hall–Kier alpha value is -1.89. The fraction of sp³-hybridized carbons (Fsp3) is 0.333. The van der Waals surface area contributed by atoms with E-state index in [-0.39, 0.29) is 17.7 Å². The Bertz CT molecular complexity index is 594. The van der Waals surface area contributed by atoms with Gasteiger partial charge in [-0.25, -0.2) is 13.2 Å². The van der Waals surface area contributed by atoms with Gasteiger partial charge in [0.1, 0.15) is 6.29 Å². The van der Waals surface area contributed by atoms with Crippen molar-refractivity contribution in [3.05, 3.63) is 29.3 Å². The summed E-state index contributed by atoms with van der Waals surface area (Å²) in [6, 6.07) is 4.53. The topological polar surface area (TPSA) is 80.8 Å². The maximum atomic E-state index is 11.7. The lowest BCUT2D eigenvalue weighted by Crippen LogP contribution is -2.27. The van der Waals surface area contributed by atoms with Gasteiger partial charge in [0.15, 0.2) is 0 Å². The molecule has 0 bridgehead atoms. The van der Waals surface area contributed by atoms with Gasteiger partial charge in [-0.05, 0) is 17.7 Å². The van der Waals surface area contributed by atoms with Crippen LogP contribution in [0.2, 0.25) is 0 Å². The normalized spacial score (nSPS) is 10.9. The number of rotatable bonds is 5. The van der Waals surface area contributed by atoms with Gasteiger partial charge in [0.2, 0.25) is 10.0 Å². The number of anilines is 1. The molecule has 7 heteroatoms. The van der Waals surface area contributed by atoms with Crippen molar-refractivity contribution < 1.29 is 22.7 Å². The van der Waals surface area contributed by atoms with Crippen LogP contribution in [0.1, 0.15) is 15.9 Å². The van der Waals surface area contributed by atoms with Crippen LogP contribution in [0.25, 0.3) is 0 Å². The molecule has 0 aliphatic heterocycles. The molecule has 0 aliphatic carbocycles. The highest BCUT2D eigenvalue weighted by molar-refractivity contribution is 7.92. The molecule has 0 radical (unpaired) electrons. The predicted octanol–water partition coefficient (Wildman–Crippen LogP) is 0.610. The average Bonchev–Trinajstić information content (AvgIpc) is 2.36. The average molecular weight is 285 g/mol. The summed E-state index contributed by atoms with van der Waals surface area (Å²) in [6.45, 7) is 0. The van der Waals surface area contributed by atoms with E-state index in [4.69, 9.17) is 0 Å². The molecule has 0 unspecified atom stereocenters. The van der Waals surface area contributed by atoms with Crippen LogP contribution in [0.5, 0.6) is 0 Å². The van der Waals surface area contributed by atoms with E-state index in [1.165, 1.54) is 26.3 Å². The first-order valence-electron chi connectivity index (χ1n) is 5.40. The van der Waals surface area contributed by atoms with Gasteiger partial charge in [0.25, 0.3) is 0 Å². The van der Waals surface area contributed by atoms with E-state index in [0.717, 1.165) is 10.6 Å². The minimum Gasteiger partial charge on any atom is -0.465 e. The van der Waals surface area contributed by atoms with Gasteiger partial charge < -0.3 is 9.53 Å². The number of hydrogen-bond acceptors (Lipinski definition) is 5. The van der Waals surface area contributed by atoms with Crippen molar-refractivity contribution in [1.82, 2.24) is 0 Å². The van der Waals surface area contributed by atoms with Gasteiger partial charge in [-0.1, -0.05) is 6.07 Å². The van der Waals surface area contributed by atoms with Crippen LogP contribution < -0.4 is 4.31 Å². The van der Waals surface area contributed by atoms with E-state index in [0.29, 0.717) is 11.8 Å². The summed E-state index contributed by atoms with van der Waals surface area (Å²) >= 11 is 0. The van der Waals surface area contributed by atoms with Crippen LogP contribution >= 0.6 is 0 Å². The minimum absolute atomic E-state index is 0.106. The number of carbonyl (C=O) groups excluding carboxylic acids is 2. The number of carbonyl (C=O) groups is 2. The maximum absolute atomic E-state index is 11.7. The second-order valence-electron chi connectivity index (χ2n) is 3.94. The van der Waals surface area contributed by atoms with Gasteiger partial charge >= 0.3 is 5.97 Å². The highest BCUT2D eigenvalue weighted by Gasteiger charge is 2.20. The molecular weight excluding hydrogens is 270 g/mol. The van der Waals surface area contributed by atoms with Crippen molar-refractivity contribution in [1.29, 1.82) is 0 Å². The summed E-state index contributed by atoms with van der Waals surface area (Å²) in [5.74, 6) is -0.654. The molecule has 0 aliphatic rings. The van der Waals surface area contributed by atoms with Crippen molar-refractivity contribution in [3.63, 3.8) is 0 Å². The van der Waals surface area contributed by atoms with Gasteiger partial charge in [0.05, 0.1) is 24.6 Å². The molecule has 0 saturated carbocycles. The Kier molecular flexibility index (Phi) is 4.66. The molecule has 1 aromatic carbocycles. The number of nitrogens with zero attached hydrogens (tertiary/aromatic N) is 1. The van der Waals surface area contributed by atoms with Crippen molar-refractivity contribution in [2.45, 2.75) is 6.42 Å². The van der Waals surface area contributed by atoms with E-state index in [1.807, 2.05) is 0 Å². The first-order chi connectivity index (χ1) is 8.81. The number of hydrogen-bond donors (Lipinski definition) is 0. The number of esters is 1. The Balaban J connectivity index is 3.39. The Labute approximate surface area is 112 Å². The molecule has 0 N–H and O–H groups in total. The summed E-state index contributed by atoms with van der Waals surface area (Å²) in [4.78, 5) is 22.2. The molecule has 0 saturated heterocycles. The lowest BCUT2D eigenvalue weighted by atomic mass is 10.1. The SMILES string of the molecule is COC(=O)c1cc(CC=O)ccc1N(C)S(C)(=O)=O. The monoisotopic (exact) mass is 285 g/mol. The fourth-order valence-electron chi connectivity index (χ4n) is 1.53. The number of methoxy groups -OCH3 is 1. The molecular formula is C12H15NO5S. The zero-order valence-electron chi connectivity index (χ0n) is 10.9. The van der Waals surface area contributed by atoms with Crippen molar-refractivity contribution >= 4 is 28.0 Å². The highest BCUT2D eigenvalue weighted by atomic mass is 32.2. The quantitative estimate of drug-likeness (QED) is 0.585. The fourth-order valence-corrected chi connectivity index (χ4v) is 2.05. The molecule has 0 aromatic heterocycles. The van der Waals surface area contributed by atoms with Crippen LogP contribution in [0.3, 0.4) is 0 Å². The van der Waals surface area contributed by atoms with Gasteiger partial charge in [-0.2, -0.15) is 0 Å². The number of aldehydes is 1. The molecule has 0 atom stereocenters. The van der Waals surface area contributed by atoms with Crippen LogP contribution in [-0.2, 0) is 26.0 Å². The van der Waals surface area contributed by atoms with Crippen LogP contribution in [0.15, 0.2) is 18.2 Å². The van der Waals surface area contributed by atoms with E-state index < -0.39 is 16.0 Å². The molecule has 1 aromatic rings. The lowest BCUT2D eigenvalue weighted by Gasteiger charge is -2.19. The molecule has 0 spiro atoms. The molecule has 6 nitrogen and oxygen atoms in total. The first kappa shape index (κ1) is 15.2. The van der Waals surface area contributed by atoms with E-state index >= 15 is 0 Å². The molecule has 19 heavy (non-hydrogen) atoms. The standard InChI is InChI=1S/C12H15NO5S/c1-13(19(3,16)17)11-5-4-9(6-7-14)8-10(11)12(15)18-2/h4-5,7-8H,6H2,1-3H3.